The topological polar surface area (TPSA) is 86.0 Å². The number of nitrogens with one attached hydrogen (secondary N) is 2. The van der Waals surface area contributed by atoms with E-state index in [1.807, 2.05) is 26.8 Å². The molecule has 1 aliphatic heterocycles. The highest BCUT2D eigenvalue weighted by Gasteiger charge is 2.21. The number of carbonyl (C=O) groups is 1. The first-order chi connectivity index (χ1) is 11.4. The number of hydrogen-bond donors (Lipinski definition) is 2. The van der Waals surface area contributed by atoms with Crippen LogP contribution in [0.1, 0.15) is 26.5 Å². The lowest BCUT2D eigenvalue weighted by Crippen LogP contribution is -2.54. The summed E-state index contributed by atoms with van der Waals surface area (Å²) in [6.45, 7) is 10.5. The van der Waals surface area contributed by atoms with Crippen LogP contribution in [0.15, 0.2) is 21.8 Å². The molecule has 2 rings (SSSR count). The van der Waals surface area contributed by atoms with Crippen molar-refractivity contribution in [1.29, 1.82) is 0 Å². The van der Waals surface area contributed by atoms with Gasteiger partial charge in [-0.05, 0) is 20.8 Å². The van der Waals surface area contributed by atoms with E-state index in [4.69, 9.17) is 4.52 Å². The summed E-state index contributed by atoms with van der Waals surface area (Å²) in [4.78, 5) is 20.7. The van der Waals surface area contributed by atoms with Crippen molar-refractivity contribution in [2.75, 3.05) is 39.8 Å². The molecule has 9 heteroatoms. The molecule has 1 saturated heterocycles. The molecular weight excluding hydrogens is 435 g/mol. The largest absolute Gasteiger partial charge is 0.364 e. The van der Waals surface area contributed by atoms with Crippen LogP contribution in [0.2, 0.25) is 0 Å². The quantitative estimate of drug-likeness (QED) is 0.392. The van der Waals surface area contributed by atoms with E-state index in [-0.39, 0.29) is 42.0 Å². The minimum absolute atomic E-state index is 0. The summed E-state index contributed by atoms with van der Waals surface area (Å²) in [7, 11) is 1.74. The molecule has 1 aromatic heterocycles. The normalized spacial score (nSPS) is 16.3. The van der Waals surface area contributed by atoms with Crippen LogP contribution in [0.5, 0.6) is 0 Å². The summed E-state index contributed by atoms with van der Waals surface area (Å²) in [6, 6.07) is 1.89. The summed E-state index contributed by atoms with van der Waals surface area (Å²) in [5.74, 6) is 0.730. The Hall–Kier alpha value is -1.36. The van der Waals surface area contributed by atoms with Crippen LogP contribution >= 0.6 is 24.0 Å². The molecule has 0 bridgehead atoms. The highest BCUT2D eigenvalue weighted by molar-refractivity contribution is 14.0. The van der Waals surface area contributed by atoms with Gasteiger partial charge in [-0.1, -0.05) is 5.16 Å². The van der Waals surface area contributed by atoms with Gasteiger partial charge in [0.05, 0.1) is 12.2 Å². The van der Waals surface area contributed by atoms with Crippen LogP contribution in [0.3, 0.4) is 0 Å². The van der Waals surface area contributed by atoms with E-state index < -0.39 is 0 Å². The Morgan fingerprint density at radius 2 is 2.00 bits per heavy atom. The van der Waals surface area contributed by atoms with Gasteiger partial charge in [0.2, 0.25) is 5.91 Å². The van der Waals surface area contributed by atoms with Gasteiger partial charge in [0.15, 0.2) is 5.96 Å². The van der Waals surface area contributed by atoms with E-state index in [0.717, 1.165) is 44.4 Å². The lowest BCUT2D eigenvalue weighted by atomic mass is 10.1. The van der Waals surface area contributed by atoms with E-state index in [9.17, 15) is 4.79 Å². The van der Waals surface area contributed by atoms with Crippen molar-refractivity contribution in [3.63, 3.8) is 0 Å². The van der Waals surface area contributed by atoms with Crippen molar-refractivity contribution < 1.29 is 9.32 Å². The Labute approximate surface area is 166 Å². The van der Waals surface area contributed by atoms with Crippen LogP contribution in [-0.4, -0.2) is 72.1 Å². The van der Waals surface area contributed by atoms with E-state index in [0.29, 0.717) is 0 Å². The number of guanidine groups is 1. The summed E-state index contributed by atoms with van der Waals surface area (Å²) in [5, 5.41) is 10.0. The molecule has 8 nitrogen and oxygen atoms in total. The zero-order chi connectivity index (χ0) is 17.6. The minimum Gasteiger partial charge on any atom is -0.364 e. The second-order valence-electron chi connectivity index (χ2n) is 6.95. The predicted molar refractivity (Wildman–Crippen MR) is 108 cm³/mol. The average Bonchev–Trinajstić information content (AvgIpc) is 3.00. The lowest BCUT2D eigenvalue weighted by molar-refractivity contribution is -0.121. The zero-order valence-electron chi connectivity index (χ0n) is 15.4. The first kappa shape index (κ1) is 21.7. The van der Waals surface area contributed by atoms with Crippen molar-refractivity contribution in [3.05, 3.63) is 18.0 Å². The molecule has 0 saturated carbocycles. The molecule has 0 aliphatic carbocycles. The highest BCUT2D eigenvalue weighted by atomic mass is 127. The molecule has 1 aliphatic rings. The van der Waals surface area contributed by atoms with E-state index in [1.165, 1.54) is 0 Å². The maximum atomic E-state index is 11.9. The number of amides is 1. The Balaban J connectivity index is 0.00000312. The molecule has 1 amide bonds. The molecule has 2 heterocycles. The second kappa shape index (κ2) is 9.95. The molecular formula is C16H29IN6O2. The molecule has 25 heavy (non-hydrogen) atoms. The van der Waals surface area contributed by atoms with Crippen LogP contribution in [0.25, 0.3) is 0 Å². The molecule has 0 atom stereocenters. The van der Waals surface area contributed by atoms with Crippen LogP contribution in [0.4, 0.5) is 0 Å². The van der Waals surface area contributed by atoms with Gasteiger partial charge in [-0.3, -0.25) is 14.7 Å². The molecule has 1 fully saturated rings. The second-order valence-corrected chi connectivity index (χ2v) is 6.95. The first-order valence-corrected chi connectivity index (χ1v) is 8.25. The van der Waals surface area contributed by atoms with E-state index >= 15 is 0 Å². The van der Waals surface area contributed by atoms with Crippen LogP contribution in [0, 0.1) is 0 Å². The van der Waals surface area contributed by atoms with Gasteiger partial charge >= 0.3 is 0 Å². The highest BCUT2D eigenvalue weighted by Crippen LogP contribution is 2.07. The van der Waals surface area contributed by atoms with Crippen molar-refractivity contribution in [1.82, 2.24) is 25.6 Å². The minimum atomic E-state index is -0.227. The number of nitrogens with zero attached hydrogens (tertiary/aromatic N) is 4. The number of halogens is 1. The third-order valence-corrected chi connectivity index (χ3v) is 3.68. The van der Waals surface area contributed by atoms with Crippen molar-refractivity contribution in [2.24, 2.45) is 4.99 Å². The number of aliphatic imine (C=N–C) groups is 1. The fourth-order valence-electron chi connectivity index (χ4n) is 2.62. The van der Waals surface area contributed by atoms with Gasteiger partial charge in [0.1, 0.15) is 6.26 Å². The maximum absolute atomic E-state index is 11.9. The molecule has 0 unspecified atom stereocenters. The van der Waals surface area contributed by atoms with Gasteiger partial charge in [-0.25, -0.2) is 0 Å². The standard InChI is InChI=1S/C16H28N6O2.HI/c1-16(2,3)19-14(23)11-18-15(17-4)22-8-6-21(7-9-22)12-13-5-10-24-20-13;/h5,10H,6-9,11-12H2,1-4H3,(H,17,18)(H,19,23);1H. The zero-order valence-corrected chi connectivity index (χ0v) is 17.7. The molecule has 1 aromatic rings. The smallest absolute Gasteiger partial charge is 0.239 e. The monoisotopic (exact) mass is 464 g/mol. The fraction of sp³-hybridized carbons (Fsp3) is 0.688. The molecule has 2 N–H and O–H groups in total. The van der Waals surface area contributed by atoms with Crippen LogP contribution < -0.4 is 10.6 Å². The van der Waals surface area contributed by atoms with Gasteiger partial charge in [-0.15, -0.1) is 24.0 Å². The third kappa shape index (κ3) is 7.59. The number of carbonyl (C=O) groups excluding carboxylic acids is 1. The number of aromatic nitrogens is 1. The SMILES string of the molecule is CN=C(NCC(=O)NC(C)(C)C)N1CCN(Cc2ccon2)CC1.I. The Morgan fingerprint density at radius 1 is 1.32 bits per heavy atom. The van der Waals surface area contributed by atoms with Crippen LogP contribution in [-0.2, 0) is 11.3 Å². The van der Waals surface area contributed by atoms with Gasteiger partial charge < -0.3 is 20.1 Å². The van der Waals surface area contributed by atoms with Gasteiger partial charge in [-0.2, -0.15) is 0 Å². The predicted octanol–water partition coefficient (Wildman–Crippen LogP) is 0.900. The summed E-state index contributed by atoms with van der Waals surface area (Å²) in [6.07, 6.45) is 1.60. The van der Waals surface area contributed by atoms with Crippen molar-refractivity contribution in [3.8, 4) is 0 Å². The van der Waals surface area contributed by atoms with Gasteiger partial charge in [0, 0.05) is 51.4 Å². The van der Waals surface area contributed by atoms with E-state index in [2.05, 4.69) is 30.6 Å². The Kier molecular flexibility index (Phi) is 8.63. The average molecular weight is 464 g/mol. The molecule has 0 aromatic carbocycles. The molecule has 0 radical (unpaired) electrons. The molecule has 142 valence electrons. The third-order valence-electron chi connectivity index (χ3n) is 3.68. The lowest BCUT2D eigenvalue weighted by Gasteiger charge is -2.36. The Morgan fingerprint density at radius 3 is 2.52 bits per heavy atom. The summed E-state index contributed by atoms with van der Waals surface area (Å²) < 4.78 is 4.87. The molecule has 0 spiro atoms. The summed E-state index contributed by atoms with van der Waals surface area (Å²) >= 11 is 0. The number of hydrogen-bond acceptors (Lipinski definition) is 5. The number of rotatable bonds is 4. The van der Waals surface area contributed by atoms with Crippen molar-refractivity contribution >= 4 is 35.8 Å². The Bertz CT molecular complexity index is 547. The maximum Gasteiger partial charge on any atom is 0.239 e. The number of piperazine rings is 1. The van der Waals surface area contributed by atoms with Crippen molar-refractivity contribution in [2.45, 2.75) is 32.9 Å². The first-order valence-electron chi connectivity index (χ1n) is 8.25. The summed E-state index contributed by atoms with van der Waals surface area (Å²) in [5.41, 5.74) is 0.722. The van der Waals surface area contributed by atoms with Gasteiger partial charge in [0.25, 0.3) is 0 Å². The van der Waals surface area contributed by atoms with E-state index in [1.54, 1.807) is 13.3 Å². The fourth-order valence-corrected chi connectivity index (χ4v) is 2.62.